The number of nitriles is 1. The molecule has 1 aromatic carbocycles. The molecule has 4 nitrogen and oxygen atoms in total. The Morgan fingerprint density at radius 3 is 2.70 bits per heavy atom. The van der Waals surface area contributed by atoms with Gasteiger partial charge in [-0.2, -0.15) is 5.26 Å². The molecule has 1 aromatic rings. The summed E-state index contributed by atoms with van der Waals surface area (Å²) in [6.07, 6.45) is 2.31. The molecular weight excluding hydrogens is 252 g/mol. The molecule has 2 rings (SSSR count). The molecule has 20 heavy (non-hydrogen) atoms. The van der Waals surface area contributed by atoms with Gasteiger partial charge < -0.3 is 15.2 Å². The number of nitrogens with zero attached hydrogens (tertiary/aromatic N) is 1. The standard InChI is InChI=1S/C16H22N2O2/c1-20-11-14(7-8-19)18-15-9-16(10-15,12-17)13-5-3-2-4-6-13/h2-6,14-15,18-19H,7-11H2,1H3. The van der Waals surface area contributed by atoms with Crippen molar-refractivity contribution < 1.29 is 9.84 Å². The smallest absolute Gasteiger partial charge is 0.0852 e. The average Bonchev–Trinajstić information content (AvgIpc) is 2.44. The van der Waals surface area contributed by atoms with Crippen LogP contribution in [0.5, 0.6) is 0 Å². The highest BCUT2D eigenvalue weighted by molar-refractivity contribution is 5.36. The maximum absolute atomic E-state index is 9.51. The quantitative estimate of drug-likeness (QED) is 0.792. The average molecular weight is 274 g/mol. The van der Waals surface area contributed by atoms with Crippen molar-refractivity contribution >= 4 is 0 Å². The molecule has 0 radical (unpaired) electrons. The summed E-state index contributed by atoms with van der Waals surface area (Å²) < 4.78 is 5.15. The highest BCUT2D eigenvalue weighted by atomic mass is 16.5. The number of aliphatic hydroxyl groups is 1. The Morgan fingerprint density at radius 2 is 2.15 bits per heavy atom. The van der Waals surface area contributed by atoms with Crippen molar-refractivity contribution in [3.63, 3.8) is 0 Å². The molecule has 0 heterocycles. The van der Waals surface area contributed by atoms with E-state index >= 15 is 0 Å². The summed E-state index contributed by atoms with van der Waals surface area (Å²) in [6.45, 7) is 0.734. The first-order chi connectivity index (χ1) is 9.74. The van der Waals surface area contributed by atoms with E-state index in [2.05, 4.69) is 11.4 Å². The summed E-state index contributed by atoms with van der Waals surface area (Å²) in [5.41, 5.74) is 0.751. The van der Waals surface area contributed by atoms with Crippen molar-refractivity contribution in [2.45, 2.75) is 36.8 Å². The summed E-state index contributed by atoms with van der Waals surface area (Å²) in [5, 5.41) is 22.0. The lowest BCUT2D eigenvalue weighted by Crippen LogP contribution is -2.54. The van der Waals surface area contributed by atoms with Crippen LogP contribution in [0.1, 0.15) is 24.8 Å². The highest BCUT2D eigenvalue weighted by Crippen LogP contribution is 2.43. The summed E-state index contributed by atoms with van der Waals surface area (Å²) in [6, 6.07) is 12.9. The van der Waals surface area contributed by atoms with Gasteiger partial charge >= 0.3 is 0 Å². The lowest BCUT2D eigenvalue weighted by atomic mass is 9.62. The van der Waals surface area contributed by atoms with E-state index < -0.39 is 0 Å². The normalized spacial score (nSPS) is 26.6. The van der Waals surface area contributed by atoms with Crippen LogP contribution in [-0.4, -0.2) is 37.5 Å². The van der Waals surface area contributed by atoms with Crippen LogP contribution >= 0.6 is 0 Å². The molecule has 0 saturated heterocycles. The Kier molecular flexibility index (Phi) is 5.13. The first kappa shape index (κ1) is 15.0. The minimum Gasteiger partial charge on any atom is -0.396 e. The van der Waals surface area contributed by atoms with E-state index in [1.54, 1.807) is 7.11 Å². The number of nitrogens with one attached hydrogen (secondary N) is 1. The molecule has 4 heteroatoms. The van der Waals surface area contributed by atoms with Gasteiger partial charge in [0.15, 0.2) is 0 Å². The maximum Gasteiger partial charge on any atom is 0.0852 e. The minimum absolute atomic E-state index is 0.149. The van der Waals surface area contributed by atoms with E-state index in [1.807, 2.05) is 30.3 Å². The zero-order chi connectivity index (χ0) is 14.4. The third-order valence-corrected chi connectivity index (χ3v) is 4.05. The van der Waals surface area contributed by atoms with E-state index in [4.69, 9.17) is 9.84 Å². The molecule has 2 N–H and O–H groups in total. The summed E-state index contributed by atoms with van der Waals surface area (Å²) in [5.74, 6) is 0. The Hall–Kier alpha value is -1.41. The Bertz CT molecular complexity index is 443. The topological polar surface area (TPSA) is 65.3 Å². The number of rotatable bonds is 7. The van der Waals surface area contributed by atoms with Crippen LogP contribution in [0.2, 0.25) is 0 Å². The monoisotopic (exact) mass is 274 g/mol. The Labute approximate surface area is 120 Å². The maximum atomic E-state index is 9.51. The highest BCUT2D eigenvalue weighted by Gasteiger charge is 2.46. The fraction of sp³-hybridized carbons (Fsp3) is 0.562. The van der Waals surface area contributed by atoms with Crippen molar-refractivity contribution in [2.24, 2.45) is 0 Å². The minimum atomic E-state index is -0.351. The van der Waals surface area contributed by atoms with E-state index in [9.17, 15) is 5.26 Å². The van der Waals surface area contributed by atoms with Crippen LogP contribution in [0.3, 0.4) is 0 Å². The molecule has 1 aliphatic rings. The largest absolute Gasteiger partial charge is 0.396 e. The van der Waals surface area contributed by atoms with Crippen LogP contribution < -0.4 is 5.32 Å². The number of ether oxygens (including phenoxy) is 1. The first-order valence-electron chi connectivity index (χ1n) is 7.06. The van der Waals surface area contributed by atoms with Gasteiger partial charge in [0.25, 0.3) is 0 Å². The zero-order valence-corrected chi connectivity index (χ0v) is 11.9. The molecule has 1 unspecified atom stereocenters. The van der Waals surface area contributed by atoms with Crippen LogP contribution in [0, 0.1) is 11.3 Å². The van der Waals surface area contributed by atoms with Crippen LogP contribution in [0.15, 0.2) is 30.3 Å². The van der Waals surface area contributed by atoms with E-state index in [-0.39, 0.29) is 18.1 Å². The van der Waals surface area contributed by atoms with Crippen molar-refractivity contribution in [1.82, 2.24) is 5.32 Å². The molecule has 1 aliphatic carbocycles. The van der Waals surface area contributed by atoms with Gasteiger partial charge in [0, 0.05) is 25.8 Å². The lowest BCUT2D eigenvalue weighted by molar-refractivity contribution is 0.120. The van der Waals surface area contributed by atoms with Gasteiger partial charge in [-0.3, -0.25) is 0 Å². The molecule has 1 fully saturated rings. The Balaban J connectivity index is 1.93. The second kappa shape index (κ2) is 6.85. The number of methoxy groups -OCH3 is 1. The van der Waals surface area contributed by atoms with Gasteiger partial charge in [-0.25, -0.2) is 0 Å². The van der Waals surface area contributed by atoms with Crippen molar-refractivity contribution in [1.29, 1.82) is 5.26 Å². The number of benzene rings is 1. The molecule has 0 aromatic heterocycles. The Morgan fingerprint density at radius 1 is 1.45 bits per heavy atom. The van der Waals surface area contributed by atoms with Gasteiger partial charge in [-0.1, -0.05) is 30.3 Å². The molecule has 0 aliphatic heterocycles. The molecule has 0 bridgehead atoms. The molecule has 1 atom stereocenters. The number of aliphatic hydroxyl groups excluding tert-OH is 1. The van der Waals surface area contributed by atoms with Crippen molar-refractivity contribution in [2.75, 3.05) is 20.3 Å². The van der Waals surface area contributed by atoms with E-state index in [1.165, 1.54) is 0 Å². The van der Waals surface area contributed by atoms with Crippen molar-refractivity contribution in [3.05, 3.63) is 35.9 Å². The third-order valence-electron chi connectivity index (χ3n) is 4.05. The summed E-state index contributed by atoms with van der Waals surface area (Å²) >= 11 is 0. The van der Waals surface area contributed by atoms with Gasteiger partial charge in [0.2, 0.25) is 0 Å². The SMILES string of the molecule is COCC(CCO)NC1CC(C#N)(c2ccccc2)C1. The molecule has 108 valence electrons. The lowest BCUT2D eigenvalue weighted by Gasteiger charge is -2.44. The fourth-order valence-corrected chi connectivity index (χ4v) is 2.95. The summed E-state index contributed by atoms with van der Waals surface area (Å²) in [7, 11) is 1.66. The van der Waals surface area contributed by atoms with Gasteiger partial charge in [-0.05, 0) is 24.8 Å². The van der Waals surface area contributed by atoms with Gasteiger partial charge in [-0.15, -0.1) is 0 Å². The van der Waals surface area contributed by atoms with Gasteiger partial charge in [0.1, 0.15) is 0 Å². The second-order valence-electron chi connectivity index (χ2n) is 5.50. The third kappa shape index (κ3) is 3.18. The molecule has 0 amide bonds. The predicted octanol–water partition coefficient (Wildman–Crippen LogP) is 1.60. The molecule has 1 saturated carbocycles. The molecular formula is C16H22N2O2. The van der Waals surface area contributed by atoms with Crippen LogP contribution in [0.4, 0.5) is 0 Å². The summed E-state index contributed by atoms with van der Waals surface area (Å²) in [4.78, 5) is 0. The first-order valence-corrected chi connectivity index (χ1v) is 7.06. The number of hydrogen-bond donors (Lipinski definition) is 2. The predicted molar refractivity (Wildman–Crippen MR) is 77.3 cm³/mol. The zero-order valence-electron chi connectivity index (χ0n) is 11.9. The van der Waals surface area contributed by atoms with Crippen molar-refractivity contribution in [3.8, 4) is 6.07 Å². The van der Waals surface area contributed by atoms with E-state index in [0.717, 1.165) is 18.4 Å². The van der Waals surface area contributed by atoms with E-state index in [0.29, 0.717) is 19.1 Å². The van der Waals surface area contributed by atoms with Crippen LogP contribution in [-0.2, 0) is 10.2 Å². The van der Waals surface area contributed by atoms with Crippen LogP contribution in [0.25, 0.3) is 0 Å². The fourth-order valence-electron chi connectivity index (χ4n) is 2.95. The number of hydrogen-bond acceptors (Lipinski definition) is 4. The molecule has 0 spiro atoms. The second-order valence-corrected chi connectivity index (χ2v) is 5.50. The van der Waals surface area contributed by atoms with Gasteiger partial charge in [0.05, 0.1) is 18.1 Å².